The molecule has 0 aliphatic heterocycles. The second kappa shape index (κ2) is 5.55. The van der Waals surface area contributed by atoms with Crippen LogP contribution in [-0.4, -0.2) is 21.7 Å². The van der Waals surface area contributed by atoms with E-state index in [0.717, 1.165) is 27.5 Å². The van der Waals surface area contributed by atoms with Crippen molar-refractivity contribution in [3.05, 3.63) is 42.5 Å². The van der Waals surface area contributed by atoms with Crippen LogP contribution in [-0.2, 0) is 0 Å². The molecule has 2 aromatic carbocycles. The van der Waals surface area contributed by atoms with Crippen molar-refractivity contribution in [3.63, 3.8) is 0 Å². The number of aromatic nitrogens is 1. The van der Waals surface area contributed by atoms with Crippen LogP contribution in [0, 0.1) is 0 Å². The summed E-state index contributed by atoms with van der Waals surface area (Å²) in [5, 5.41) is 3.24. The first-order valence-electron chi connectivity index (χ1n) is 6.12. The highest BCUT2D eigenvalue weighted by Gasteiger charge is 2.10. The minimum absolute atomic E-state index is 0.313. The van der Waals surface area contributed by atoms with Gasteiger partial charge in [-0.3, -0.25) is 0 Å². The van der Waals surface area contributed by atoms with Crippen molar-refractivity contribution in [1.82, 2.24) is 4.98 Å². The van der Waals surface area contributed by atoms with Crippen molar-refractivity contribution in [2.24, 2.45) is 0 Å². The molecule has 0 aliphatic carbocycles. The smallest absolute Gasteiger partial charge is 0.129 e. The highest BCUT2D eigenvalue weighted by molar-refractivity contribution is 9.12. The molecule has 0 saturated carbocycles. The average Bonchev–Trinajstić information content (AvgIpc) is 2.83. The van der Waals surface area contributed by atoms with E-state index in [9.17, 15) is 0 Å². The Kier molecular flexibility index (Phi) is 3.80. The van der Waals surface area contributed by atoms with Crippen molar-refractivity contribution >= 4 is 53.7 Å². The number of H-pyrrole nitrogens is 1. The number of aromatic amines is 1. The summed E-state index contributed by atoms with van der Waals surface area (Å²) in [4.78, 5) is 3.73. The maximum atomic E-state index is 5.94. The first-order valence-corrected chi connectivity index (χ1v) is 8.15. The molecule has 0 amide bonds. The van der Waals surface area contributed by atoms with E-state index in [1.165, 1.54) is 5.39 Å². The van der Waals surface area contributed by atoms with Gasteiger partial charge in [0.15, 0.2) is 0 Å². The van der Waals surface area contributed by atoms with Gasteiger partial charge in [0.05, 0.1) is 10.3 Å². The molecular weight excluding hydrogens is 370 g/mol. The van der Waals surface area contributed by atoms with E-state index in [1.807, 2.05) is 18.2 Å². The van der Waals surface area contributed by atoms with Gasteiger partial charge < -0.3 is 9.72 Å². The van der Waals surface area contributed by atoms with Gasteiger partial charge in [0, 0.05) is 21.6 Å². The third kappa shape index (κ3) is 2.51. The normalized spacial score (nSPS) is 12.9. The largest absolute Gasteiger partial charge is 0.492 e. The highest BCUT2D eigenvalue weighted by Crippen LogP contribution is 2.33. The summed E-state index contributed by atoms with van der Waals surface area (Å²) < 4.78 is 5.94. The lowest BCUT2D eigenvalue weighted by atomic mass is 10.1. The lowest BCUT2D eigenvalue weighted by Crippen LogP contribution is -2.12. The molecule has 3 aromatic rings. The van der Waals surface area contributed by atoms with Gasteiger partial charge in [-0.15, -0.1) is 0 Å². The quantitative estimate of drug-likeness (QED) is 0.640. The Hall–Kier alpha value is -1.00. The Bertz CT molecular complexity index is 708. The number of para-hydroxylation sites is 1. The molecular formula is C15H13Br2NO. The molecule has 1 atom stereocenters. The maximum absolute atomic E-state index is 5.94. The lowest BCUT2D eigenvalue weighted by molar-refractivity contribution is 0.329. The van der Waals surface area contributed by atoms with Crippen LogP contribution in [0.5, 0.6) is 5.75 Å². The molecule has 19 heavy (non-hydrogen) atoms. The minimum Gasteiger partial charge on any atom is -0.492 e. The number of alkyl halides is 2. The number of halogens is 2. The molecule has 0 aliphatic rings. The van der Waals surface area contributed by atoms with Crippen LogP contribution < -0.4 is 4.74 Å². The topological polar surface area (TPSA) is 25.0 Å². The molecule has 1 N–H and O–H groups in total. The molecule has 0 spiro atoms. The van der Waals surface area contributed by atoms with Crippen molar-refractivity contribution in [2.75, 3.05) is 11.9 Å². The van der Waals surface area contributed by atoms with Gasteiger partial charge in [-0.25, -0.2) is 0 Å². The average molecular weight is 383 g/mol. The maximum Gasteiger partial charge on any atom is 0.129 e. The van der Waals surface area contributed by atoms with Gasteiger partial charge in [0.25, 0.3) is 0 Å². The molecule has 98 valence electrons. The SMILES string of the molecule is BrCC(Br)COc1cccc2[nH]c3ccccc3c12. The number of ether oxygens (including phenoxy) is 1. The summed E-state index contributed by atoms with van der Waals surface area (Å²) in [6.07, 6.45) is 0. The monoisotopic (exact) mass is 381 g/mol. The van der Waals surface area contributed by atoms with Crippen LogP contribution >= 0.6 is 31.9 Å². The lowest BCUT2D eigenvalue weighted by Gasteiger charge is -2.10. The zero-order chi connectivity index (χ0) is 13.2. The number of rotatable bonds is 4. The fourth-order valence-corrected chi connectivity index (χ4v) is 2.53. The second-order valence-electron chi connectivity index (χ2n) is 4.41. The fourth-order valence-electron chi connectivity index (χ4n) is 2.21. The Morgan fingerprint density at radius 2 is 1.84 bits per heavy atom. The van der Waals surface area contributed by atoms with Crippen LogP contribution in [0.4, 0.5) is 0 Å². The first kappa shape index (κ1) is 13.0. The van der Waals surface area contributed by atoms with Gasteiger partial charge in [-0.2, -0.15) is 0 Å². The summed E-state index contributed by atoms with van der Waals surface area (Å²) in [5.41, 5.74) is 2.26. The van der Waals surface area contributed by atoms with E-state index in [0.29, 0.717) is 11.4 Å². The standard InChI is InChI=1S/C15H13Br2NO/c16-8-10(17)9-19-14-7-3-6-13-15(14)11-4-1-2-5-12(11)18-13/h1-7,10,18H,8-9H2. The minimum atomic E-state index is 0.313. The van der Waals surface area contributed by atoms with Gasteiger partial charge in [-0.05, 0) is 18.2 Å². The molecule has 0 fully saturated rings. The Balaban J connectivity index is 2.08. The van der Waals surface area contributed by atoms with Crippen LogP contribution in [0.15, 0.2) is 42.5 Å². The van der Waals surface area contributed by atoms with Gasteiger partial charge in [0.2, 0.25) is 0 Å². The molecule has 4 heteroatoms. The number of hydrogen-bond donors (Lipinski definition) is 1. The molecule has 0 saturated heterocycles. The third-order valence-corrected chi connectivity index (χ3v) is 5.32. The first-order chi connectivity index (χ1) is 9.29. The van der Waals surface area contributed by atoms with Crippen LogP contribution in [0.25, 0.3) is 21.8 Å². The molecule has 1 heterocycles. The van der Waals surface area contributed by atoms with Crippen LogP contribution in [0.3, 0.4) is 0 Å². The molecule has 1 aromatic heterocycles. The Morgan fingerprint density at radius 3 is 2.68 bits per heavy atom. The fraction of sp³-hybridized carbons (Fsp3) is 0.200. The summed E-state index contributed by atoms with van der Waals surface area (Å²) in [7, 11) is 0. The van der Waals surface area contributed by atoms with E-state index < -0.39 is 0 Å². The van der Waals surface area contributed by atoms with Gasteiger partial charge >= 0.3 is 0 Å². The number of nitrogens with one attached hydrogen (secondary N) is 1. The van der Waals surface area contributed by atoms with Gasteiger partial charge in [-0.1, -0.05) is 56.1 Å². The second-order valence-corrected chi connectivity index (χ2v) is 6.35. The van der Waals surface area contributed by atoms with E-state index >= 15 is 0 Å². The van der Waals surface area contributed by atoms with Crippen molar-refractivity contribution < 1.29 is 4.74 Å². The summed E-state index contributed by atoms with van der Waals surface area (Å²) in [6.45, 7) is 0.643. The van der Waals surface area contributed by atoms with Gasteiger partial charge in [0.1, 0.15) is 12.4 Å². The molecule has 3 rings (SSSR count). The number of hydrogen-bond acceptors (Lipinski definition) is 1. The molecule has 1 unspecified atom stereocenters. The number of fused-ring (bicyclic) bond motifs is 3. The molecule has 0 radical (unpaired) electrons. The van der Waals surface area contributed by atoms with E-state index in [-0.39, 0.29) is 0 Å². The van der Waals surface area contributed by atoms with Crippen LogP contribution in [0.1, 0.15) is 0 Å². The summed E-state index contributed by atoms with van der Waals surface area (Å²) in [5.74, 6) is 0.931. The van der Waals surface area contributed by atoms with E-state index in [4.69, 9.17) is 4.74 Å². The van der Waals surface area contributed by atoms with Crippen molar-refractivity contribution in [2.45, 2.75) is 4.83 Å². The zero-order valence-electron chi connectivity index (χ0n) is 10.2. The Morgan fingerprint density at radius 1 is 1.05 bits per heavy atom. The predicted molar refractivity (Wildman–Crippen MR) is 87.8 cm³/mol. The van der Waals surface area contributed by atoms with Crippen LogP contribution in [0.2, 0.25) is 0 Å². The molecule has 0 bridgehead atoms. The van der Waals surface area contributed by atoms with E-state index in [1.54, 1.807) is 0 Å². The van der Waals surface area contributed by atoms with Crippen molar-refractivity contribution in [1.29, 1.82) is 0 Å². The van der Waals surface area contributed by atoms with Crippen molar-refractivity contribution in [3.8, 4) is 5.75 Å². The van der Waals surface area contributed by atoms with E-state index in [2.05, 4.69) is 61.1 Å². The third-order valence-electron chi connectivity index (χ3n) is 3.08. The molecule has 2 nitrogen and oxygen atoms in total. The number of benzene rings is 2. The summed E-state index contributed by atoms with van der Waals surface area (Å²) in [6, 6.07) is 14.4. The summed E-state index contributed by atoms with van der Waals surface area (Å²) >= 11 is 7.00. The highest BCUT2D eigenvalue weighted by atomic mass is 79.9. The zero-order valence-corrected chi connectivity index (χ0v) is 13.4. The Labute approximate surface area is 128 Å². The predicted octanol–water partition coefficient (Wildman–Crippen LogP) is 4.86.